The number of rotatable bonds is 2. The van der Waals surface area contributed by atoms with Gasteiger partial charge < -0.3 is 14.9 Å². The molecule has 3 heteroatoms. The molecule has 0 saturated carbocycles. The highest BCUT2D eigenvalue weighted by Gasteiger charge is 2.34. The molecular formula is C8H16O3. The number of hydrogen-bond acceptors (Lipinski definition) is 3. The van der Waals surface area contributed by atoms with Crippen molar-refractivity contribution in [1.29, 1.82) is 0 Å². The molecule has 0 bridgehead atoms. The van der Waals surface area contributed by atoms with Crippen LogP contribution in [0.25, 0.3) is 0 Å². The van der Waals surface area contributed by atoms with Gasteiger partial charge in [0.1, 0.15) is 0 Å². The minimum absolute atomic E-state index is 0.106. The first-order valence-electron chi connectivity index (χ1n) is 4.00. The topological polar surface area (TPSA) is 49.7 Å². The standard InChI is InChI=1S/C8H16O3/c1-8(2,10)7(9)6-3-4-11-5-6/h6-7,9-10H,3-5H2,1-2H3. The van der Waals surface area contributed by atoms with Gasteiger partial charge in [0.25, 0.3) is 0 Å². The van der Waals surface area contributed by atoms with Crippen molar-refractivity contribution in [3.05, 3.63) is 0 Å². The number of aliphatic hydroxyl groups excluding tert-OH is 1. The van der Waals surface area contributed by atoms with Gasteiger partial charge in [-0.3, -0.25) is 0 Å². The van der Waals surface area contributed by atoms with E-state index in [-0.39, 0.29) is 5.92 Å². The van der Waals surface area contributed by atoms with Crippen molar-refractivity contribution in [2.75, 3.05) is 13.2 Å². The molecule has 0 amide bonds. The lowest BCUT2D eigenvalue weighted by Gasteiger charge is -2.28. The van der Waals surface area contributed by atoms with Crippen LogP contribution < -0.4 is 0 Å². The molecule has 1 aliphatic rings. The summed E-state index contributed by atoms with van der Waals surface area (Å²) in [6, 6.07) is 0. The normalized spacial score (nSPS) is 28.9. The minimum atomic E-state index is -1.00. The number of ether oxygens (including phenoxy) is 1. The van der Waals surface area contributed by atoms with Gasteiger partial charge in [-0.25, -0.2) is 0 Å². The Labute approximate surface area is 67.0 Å². The van der Waals surface area contributed by atoms with Crippen molar-refractivity contribution in [2.24, 2.45) is 5.92 Å². The molecule has 2 N–H and O–H groups in total. The third kappa shape index (κ3) is 2.15. The molecular weight excluding hydrogens is 144 g/mol. The van der Waals surface area contributed by atoms with Gasteiger partial charge in [-0.1, -0.05) is 0 Å². The highest BCUT2D eigenvalue weighted by Crippen LogP contribution is 2.23. The van der Waals surface area contributed by atoms with Crippen molar-refractivity contribution in [2.45, 2.75) is 32.0 Å². The molecule has 1 fully saturated rings. The van der Waals surface area contributed by atoms with Crippen LogP contribution in [0, 0.1) is 5.92 Å². The first-order valence-corrected chi connectivity index (χ1v) is 4.00. The Balaban J connectivity index is 2.46. The molecule has 2 atom stereocenters. The summed E-state index contributed by atoms with van der Waals surface area (Å²) in [5.74, 6) is 0.106. The van der Waals surface area contributed by atoms with Crippen molar-refractivity contribution < 1.29 is 14.9 Å². The van der Waals surface area contributed by atoms with Crippen LogP contribution in [0.1, 0.15) is 20.3 Å². The molecule has 1 heterocycles. The summed E-state index contributed by atoms with van der Waals surface area (Å²) in [6.07, 6.45) is 0.190. The van der Waals surface area contributed by atoms with E-state index < -0.39 is 11.7 Å². The van der Waals surface area contributed by atoms with Crippen LogP contribution in [-0.2, 0) is 4.74 Å². The number of hydrogen-bond donors (Lipinski definition) is 2. The Morgan fingerprint density at radius 1 is 1.55 bits per heavy atom. The molecule has 0 radical (unpaired) electrons. The highest BCUT2D eigenvalue weighted by atomic mass is 16.5. The lowest BCUT2D eigenvalue weighted by atomic mass is 9.89. The van der Waals surface area contributed by atoms with Gasteiger partial charge in [0.2, 0.25) is 0 Å². The molecule has 0 aromatic rings. The Morgan fingerprint density at radius 2 is 2.18 bits per heavy atom. The predicted octanol–water partition coefficient (Wildman–Crippen LogP) is 0.155. The van der Waals surface area contributed by atoms with Crippen molar-refractivity contribution in [3.8, 4) is 0 Å². The molecule has 0 aromatic carbocycles. The van der Waals surface area contributed by atoms with Crippen molar-refractivity contribution in [3.63, 3.8) is 0 Å². The molecule has 1 rings (SSSR count). The highest BCUT2D eigenvalue weighted by molar-refractivity contribution is 4.84. The summed E-state index contributed by atoms with van der Waals surface area (Å²) in [5.41, 5.74) is -1.00. The molecule has 11 heavy (non-hydrogen) atoms. The van der Waals surface area contributed by atoms with Crippen molar-refractivity contribution >= 4 is 0 Å². The zero-order chi connectivity index (χ0) is 8.48. The monoisotopic (exact) mass is 160 g/mol. The van der Waals surface area contributed by atoms with E-state index in [4.69, 9.17) is 4.74 Å². The second-order valence-electron chi connectivity index (χ2n) is 3.72. The summed E-state index contributed by atoms with van der Waals surface area (Å²) in [6.45, 7) is 4.52. The SMILES string of the molecule is CC(C)(O)C(O)C1CCOC1. The lowest BCUT2D eigenvalue weighted by molar-refractivity contribution is -0.0771. The zero-order valence-corrected chi connectivity index (χ0v) is 7.08. The third-order valence-electron chi connectivity index (χ3n) is 2.14. The maximum Gasteiger partial charge on any atom is 0.0872 e. The fourth-order valence-electron chi connectivity index (χ4n) is 1.38. The Kier molecular flexibility index (Phi) is 2.52. The maximum atomic E-state index is 9.56. The van der Waals surface area contributed by atoms with Crippen LogP contribution in [0.4, 0.5) is 0 Å². The minimum Gasteiger partial charge on any atom is -0.390 e. The summed E-state index contributed by atoms with van der Waals surface area (Å²) in [5, 5.41) is 19.0. The van der Waals surface area contributed by atoms with E-state index in [0.717, 1.165) is 6.42 Å². The largest absolute Gasteiger partial charge is 0.390 e. The van der Waals surface area contributed by atoms with Crippen molar-refractivity contribution in [1.82, 2.24) is 0 Å². The second-order valence-corrected chi connectivity index (χ2v) is 3.72. The van der Waals surface area contributed by atoms with Gasteiger partial charge in [-0.2, -0.15) is 0 Å². The average Bonchev–Trinajstić information content (AvgIpc) is 2.34. The van der Waals surface area contributed by atoms with E-state index in [0.29, 0.717) is 13.2 Å². The predicted molar refractivity (Wildman–Crippen MR) is 41.2 cm³/mol. The molecule has 66 valence electrons. The van der Waals surface area contributed by atoms with E-state index in [2.05, 4.69) is 0 Å². The van der Waals surface area contributed by atoms with Gasteiger partial charge >= 0.3 is 0 Å². The van der Waals surface area contributed by atoms with Crippen LogP contribution in [0.2, 0.25) is 0 Å². The molecule has 0 aromatic heterocycles. The second kappa shape index (κ2) is 3.09. The van der Waals surface area contributed by atoms with Crippen LogP contribution in [-0.4, -0.2) is 35.1 Å². The molecule has 0 spiro atoms. The van der Waals surface area contributed by atoms with Crippen LogP contribution >= 0.6 is 0 Å². The van der Waals surface area contributed by atoms with Crippen LogP contribution in [0.3, 0.4) is 0 Å². The smallest absolute Gasteiger partial charge is 0.0872 e. The maximum absolute atomic E-state index is 9.56. The van der Waals surface area contributed by atoms with Gasteiger partial charge in [0.05, 0.1) is 18.3 Å². The molecule has 2 unspecified atom stereocenters. The fourth-order valence-corrected chi connectivity index (χ4v) is 1.38. The first kappa shape index (κ1) is 8.97. The number of aliphatic hydroxyl groups is 2. The first-order chi connectivity index (χ1) is 5.02. The summed E-state index contributed by atoms with van der Waals surface area (Å²) in [7, 11) is 0. The van der Waals surface area contributed by atoms with E-state index >= 15 is 0 Å². The Bertz CT molecular complexity index is 122. The third-order valence-corrected chi connectivity index (χ3v) is 2.14. The van der Waals surface area contributed by atoms with Crippen LogP contribution in [0.15, 0.2) is 0 Å². The summed E-state index contributed by atoms with van der Waals surface area (Å²) in [4.78, 5) is 0. The zero-order valence-electron chi connectivity index (χ0n) is 7.08. The Hall–Kier alpha value is -0.120. The van der Waals surface area contributed by atoms with E-state index in [1.165, 1.54) is 0 Å². The Morgan fingerprint density at radius 3 is 2.55 bits per heavy atom. The van der Waals surface area contributed by atoms with E-state index in [9.17, 15) is 10.2 Å². The van der Waals surface area contributed by atoms with Gasteiger partial charge in [0.15, 0.2) is 0 Å². The molecule has 0 aliphatic carbocycles. The molecule has 3 nitrogen and oxygen atoms in total. The van der Waals surface area contributed by atoms with E-state index in [1.54, 1.807) is 13.8 Å². The fraction of sp³-hybridized carbons (Fsp3) is 1.00. The van der Waals surface area contributed by atoms with Gasteiger partial charge in [-0.15, -0.1) is 0 Å². The van der Waals surface area contributed by atoms with Gasteiger partial charge in [0, 0.05) is 12.5 Å². The quantitative estimate of drug-likeness (QED) is 0.604. The van der Waals surface area contributed by atoms with Crippen LogP contribution in [0.5, 0.6) is 0 Å². The average molecular weight is 160 g/mol. The molecule has 1 aliphatic heterocycles. The molecule has 1 saturated heterocycles. The van der Waals surface area contributed by atoms with Gasteiger partial charge in [-0.05, 0) is 20.3 Å². The summed E-state index contributed by atoms with van der Waals surface area (Å²) < 4.78 is 5.10. The lowest BCUT2D eigenvalue weighted by Crippen LogP contribution is -2.41. The van der Waals surface area contributed by atoms with E-state index in [1.807, 2.05) is 0 Å². The summed E-state index contributed by atoms with van der Waals surface area (Å²) >= 11 is 0.